The van der Waals surface area contributed by atoms with Gasteiger partial charge in [0.05, 0.1) is 10.3 Å². The minimum Gasteiger partial charge on any atom is -0.292 e. The smallest absolute Gasteiger partial charge is 0.185 e. The Morgan fingerprint density at radius 2 is 1.55 bits per heavy atom. The highest BCUT2D eigenvalue weighted by Gasteiger charge is 2.25. The van der Waals surface area contributed by atoms with E-state index in [9.17, 15) is 18.8 Å². The molecule has 110 valence electrons. The fourth-order valence-corrected chi connectivity index (χ4v) is 2.91. The monoisotopic (exact) mass is 333 g/mol. The Hall–Kier alpha value is -2.10. The molecule has 22 heavy (non-hydrogen) atoms. The van der Waals surface area contributed by atoms with Crippen LogP contribution in [0.25, 0.3) is 0 Å². The average molecular weight is 333 g/mol. The molecule has 0 spiro atoms. The van der Waals surface area contributed by atoms with Crippen LogP contribution in [0.2, 0.25) is 0 Å². The summed E-state index contributed by atoms with van der Waals surface area (Å²) in [5.74, 6) is -2.46. The van der Waals surface area contributed by atoms with Gasteiger partial charge in [-0.15, -0.1) is 0 Å². The van der Waals surface area contributed by atoms with Gasteiger partial charge in [0.25, 0.3) is 0 Å². The van der Waals surface area contributed by atoms with Crippen molar-refractivity contribution in [2.45, 2.75) is 4.90 Å². The van der Waals surface area contributed by atoms with Crippen LogP contribution in [0.3, 0.4) is 0 Å². The molecule has 2 aromatic rings. The highest BCUT2D eigenvalue weighted by molar-refractivity contribution is 8.23. The quantitative estimate of drug-likeness (QED) is 0.472. The third-order valence-corrected chi connectivity index (χ3v) is 4.22. The van der Waals surface area contributed by atoms with E-state index < -0.39 is 17.5 Å². The zero-order chi connectivity index (χ0) is 16.1. The zero-order valence-corrected chi connectivity index (χ0v) is 12.8. The molecular formula is C16H9F2NOS2. The molecule has 1 unspecified atom stereocenters. The topological polar surface area (TPSA) is 40.9 Å². The van der Waals surface area contributed by atoms with E-state index in [1.54, 1.807) is 0 Å². The van der Waals surface area contributed by atoms with E-state index in [1.807, 2.05) is 6.07 Å². The van der Waals surface area contributed by atoms with E-state index in [0.29, 0.717) is 4.90 Å². The van der Waals surface area contributed by atoms with Gasteiger partial charge in [0.2, 0.25) is 0 Å². The number of ketones is 1. The summed E-state index contributed by atoms with van der Waals surface area (Å²) in [7, 11) is 0. The zero-order valence-electron chi connectivity index (χ0n) is 11.1. The molecule has 0 aromatic heterocycles. The molecule has 0 aliphatic heterocycles. The maximum Gasteiger partial charge on any atom is 0.185 e. The molecule has 2 nitrogen and oxygen atoms in total. The third kappa shape index (κ3) is 3.97. The lowest BCUT2D eigenvalue weighted by Crippen LogP contribution is -2.19. The molecule has 0 bridgehead atoms. The third-order valence-electron chi connectivity index (χ3n) is 2.79. The average Bonchev–Trinajstić information content (AvgIpc) is 2.51. The number of nitriles is 1. The number of thiocarbonyl (C=S) groups is 1. The molecule has 0 saturated heterocycles. The lowest BCUT2D eigenvalue weighted by molar-refractivity contribution is 0.0976. The van der Waals surface area contributed by atoms with Crippen LogP contribution in [0.1, 0.15) is 10.4 Å². The second-order valence-electron chi connectivity index (χ2n) is 4.31. The first-order valence-corrected chi connectivity index (χ1v) is 7.40. The second kappa shape index (κ2) is 7.25. The molecular weight excluding hydrogens is 324 g/mol. The molecule has 0 N–H and O–H groups in total. The summed E-state index contributed by atoms with van der Waals surface area (Å²) in [4.78, 5) is 12.9. The van der Waals surface area contributed by atoms with Crippen molar-refractivity contribution < 1.29 is 13.6 Å². The molecule has 0 heterocycles. The Kier molecular flexibility index (Phi) is 5.36. The van der Waals surface area contributed by atoms with Gasteiger partial charge < -0.3 is 0 Å². The number of thioether (sulfide) groups is 1. The summed E-state index contributed by atoms with van der Waals surface area (Å²) in [6.07, 6.45) is 0. The van der Waals surface area contributed by atoms with Crippen LogP contribution >= 0.6 is 24.0 Å². The lowest BCUT2D eigenvalue weighted by Gasteiger charge is -2.09. The molecule has 6 heteroatoms. The molecule has 1 atom stereocenters. The predicted octanol–water partition coefficient (Wildman–Crippen LogP) is 4.41. The van der Waals surface area contributed by atoms with E-state index in [-0.39, 0.29) is 15.6 Å². The predicted molar refractivity (Wildman–Crippen MR) is 84.7 cm³/mol. The molecule has 0 saturated carbocycles. The van der Waals surface area contributed by atoms with Gasteiger partial charge >= 0.3 is 0 Å². The molecule has 2 rings (SSSR count). The largest absolute Gasteiger partial charge is 0.292 e. The fourth-order valence-electron chi connectivity index (χ4n) is 1.68. The van der Waals surface area contributed by atoms with Crippen LogP contribution in [0.4, 0.5) is 8.78 Å². The number of halogens is 2. The summed E-state index contributed by atoms with van der Waals surface area (Å²) in [6, 6.07) is 12.4. The highest BCUT2D eigenvalue weighted by atomic mass is 32.2. The van der Waals surface area contributed by atoms with Crippen LogP contribution in [0.15, 0.2) is 53.4 Å². The van der Waals surface area contributed by atoms with Gasteiger partial charge in [-0.2, -0.15) is 5.26 Å². The Balaban J connectivity index is 2.15. The Morgan fingerprint density at radius 1 is 1.05 bits per heavy atom. The van der Waals surface area contributed by atoms with Crippen molar-refractivity contribution in [1.82, 2.24) is 0 Å². The van der Waals surface area contributed by atoms with E-state index in [0.717, 1.165) is 23.9 Å². The Bertz CT molecular complexity index is 736. The maximum absolute atomic E-state index is 12.9. The van der Waals surface area contributed by atoms with Crippen molar-refractivity contribution in [3.63, 3.8) is 0 Å². The SMILES string of the molecule is N#CC(C(=O)c1ccc(F)cc1)C(=S)Sc1ccc(F)cc1. The number of benzene rings is 2. The number of carbonyl (C=O) groups excluding carboxylic acids is 1. The number of rotatable bonds is 4. The van der Waals surface area contributed by atoms with Crippen molar-refractivity contribution >= 4 is 34.0 Å². The molecule has 0 fully saturated rings. The van der Waals surface area contributed by atoms with Crippen molar-refractivity contribution in [3.8, 4) is 6.07 Å². The van der Waals surface area contributed by atoms with E-state index in [2.05, 4.69) is 0 Å². The minimum absolute atomic E-state index is 0.170. The molecule has 0 amide bonds. The van der Waals surface area contributed by atoms with E-state index in [4.69, 9.17) is 12.2 Å². The summed E-state index contributed by atoms with van der Waals surface area (Å²) < 4.78 is 25.9. The first kappa shape index (κ1) is 16.3. The van der Waals surface area contributed by atoms with Crippen LogP contribution < -0.4 is 0 Å². The maximum atomic E-state index is 12.9. The van der Waals surface area contributed by atoms with Gasteiger partial charge in [-0.1, -0.05) is 24.0 Å². The summed E-state index contributed by atoms with van der Waals surface area (Å²) in [5.41, 5.74) is 0.218. The summed E-state index contributed by atoms with van der Waals surface area (Å²) >= 11 is 6.20. The van der Waals surface area contributed by atoms with Gasteiger partial charge in [0, 0.05) is 10.5 Å². The van der Waals surface area contributed by atoms with Gasteiger partial charge in [-0.25, -0.2) is 8.78 Å². The Labute approximate surface area is 135 Å². The first-order valence-electron chi connectivity index (χ1n) is 6.18. The second-order valence-corrected chi connectivity index (χ2v) is 6.12. The molecule has 0 aliphatic carbocycles. The highest BCUT2D eigenvalue weighted by Crippen LogP contribution is 2.26. The molecule has 2 aromatic carbocycles. The Morgan fingerprint density at radius 3 is 2.05 bits per heavy atom. The summed E-state index contributed by atoms with van der Waals surface area (Å²) in [6.45, 7) is 0. The lowest BCUT2D eigenvalue weighted by atomic mass is 10.0. The van der Waals surface area contributed by atoms with Crippen LogP contribution in [0, 0.1) is 28.9 Å². The van der Waals surface area contributed by atoms with Crippen molar-refractivity contribution in [1.29, 1.82) is 5.26 Å². The number of Topliss-reactive ketones (excluding diaryl/α,β-unsaturated/α-hetero) is 1. The van der Waals surface area contributed by atoms with Gasteiger partial charge in [0.1, 0.15) is 11.6 Å². The van der Waals surface area contributed by atoms with Crippen LogP contribution in [-0.4, -0.2) is 9.98 Å². The van der Waals surface area contributed by atoms with Gasteiger partial charge in [-0.05, 0) is 48.5 Å². The van der Waals surface area contributed by atoms with Gasteiger partial charge in [-0.3, -0.25) is 4.79 Å². The molecule has 0 radical (unpaired) electrons. The molecule has 0 aliphatic rings. The number of carbonyl (C=O) groups is 1. The minimum atomic E-state index is -1.13. The van der Waals surface area contributed by atoms with Crippen LogP contribution in [-0.2, 0) is 0 Å². The van der Waals surface area contributed by atoms with Crippen molar-refractivity contribution in [2.24, 2.45) is 5.92 Å². The number of hydrogen-bond acceptors (Lipinski definition) is 4. The number of nitrogens with zero attached hydrogens (tertiary/aromatic N) is 1. The first-order chi connectivity index (χ1) is 10.5. The van der Waals surface area contributed by atoms with E-state index >= 15 is 0 Å². The normalized spacial score (nSPS) is 11.5. The standard InChI is InChI=1S/C16H9F2NOS2/c17-11-3-1-10(2-4-11)15(20)14(9-19)16(21)22-13-7-5-12(18)6-8-13/h1-8,14H. The van der Waals surface area contributed by atoms with Crippen molar-refractivity contribution in [2.75, 3.05) is 0 Å². The van der Waals surface area contributed by atoms with Crippen LogP contribution in [0.5, 0.6) is 0 Å². The van der Waals surface area contributed by atoms with Gasteiger partial charge in [0.15, 0.2) is 11.7 Å². The van der Waals surface area contributed by atoms with Crippen molar-refractivity contribution in [3.05, 3.63) is 65.7 Å². The fraction of sp³-hybridized carbons (Fsp3) is 0.0625. The van der Waals surface area contributed by atoms with E-state index in [1.165, 1.54) is 36.4 Å². The number of hydrogen-bond donors (Lipinski definition) is 0. The summed E-state index contributed by atoms with van der Waals surface area (Å²) in [5, 5.41) is 9.20.